The van der Waals surface area contributed by atoms with Crippen LogP contribution in [0.15, 0.2) is 4.99 Å². The third kappa shape index (κ3) is 1.24. The zero-order valence-corrected chi connectivity index (χ0v) is 6.08. The van der Waals surface area contributed by atoms with Crippen LogP contribution in [0.3, 0.4) is 0 Å². The molecule has 0 saturated carbocycles. The van der Waals surface area contributed by atoms with E-state index in [1.807, 2.05) is 5.01 Å². The zero-order chi connectivity index (χ0) is 7.68. The molecule has 1 saturated heterocycles. The summed E-state index contributed by atoms with van der Waals surface area (Å²) in [5.74, 6) is 0. The fraction of sp³-hybridized carbons (Fsp3) is 0.667. The quantitative estimate of drug-likeness (QED) is 0.469. The molecule has 2 N–H and O–H groups in total. The molecule has 2 aliphatic rings. The molecule has 1 fully saturated rings. The zero-order valence-electron chi connectivity index (χ0n) is 6.08. The van der Waals surface area contributed by atoms with Crippen LogP contribution in [-0.4, -0.2) is 42.9 Å². The minimum atomic E-state index is -0.261. The number of hydrogen-bond acceptors (Lipinski definition) is 3. The number of carbonyl (C=O) groups excluding carboxylic acids is 1. The average molecular weight is 154 g/mol. The average Bonchev–Trinajstić information content (AvgIpc) is 2.04. The third-order valence-corrected chi connectivity index (χ3v) is 1.89. The van der Waals surface area contributed by atoms with E-state index >= 15 is 0 Å². The van der Waals surface area contributed by atoms with Gasteiger partial charge < -0.3 is 5.32 Å². The number of nitrogens with one attached hydrogen (secondary N) is 2. The molecule has 5 heteroatoms. The molecule has 0 radical (unpaired) electrons. The SMILES string of the molecule is O=C1N=CC2CNCCN2N1. The van der Waals surface area contributed by atoms with Crippen molar-refractivity contribution >= 4 is 12.2 Å². The van der Waals surface area contributed by atoms with Crippen molar-refractivity contribution in [3.63, 3.8) is 0 Å². The first-order valence-electron chi connectivity index (χ1n) is 3.68. The van der Waals surface area contributed by atoms with Crippen LogP contribution in [0.1, 0.15) is 0 Å². The van der Waals surface area contributed by atoms with Gasteiger partial charge in [0, 0.05) is 25.8 Å². The number of aliphatic imine (C=N–C) groups is 1. The van der Waals surface area contributed by atoms with Gasteiger partial charge in [-0.3, -0.25) is 5.43 Å². The molecule has 2 heterocycles. The fourth-order valence-corrected chi connectivity index (χ4v) is 1.30. The molecule has 11 heavy (non-hydrogen) atoms. The highest BCUT2D eigenvalue weighted by atomic mass is 16.2. The van der Waals surface area contributed by atoms with Gasteiger partial charge in [-0.15, -0.1) is 0 Å². The van der Waals surface area contributed by atoms with Crippen molar-refractivity contribution in [2.24, 2.45) is 4.99 Å². The summed E-state index contributed by atoms with van der Waals surface area (Å²) in [6.45, 7) is 2.64. The number of fused-ring (bicyclic) bond motifs is 1. The lowest BCUT2D eigenvalue weighted by molar-refractivity contribution is 0.139. The van der Waals surface area contributed by atoms with Gasteiger partial charge in [0.1, 0.15) is 0 Å². The standard InChI is InChI=1S/C6H10N4O/c11-6-8-4-5-3-7-1-2-10(5)9-6/h4-5,7H,1-3H2,(H,9,11). The lowest BCUT2D eigenvalue weighted by Crippen LogP contribution is -2.60. The Kier molecular flexibility index (Phi) is 1.59. The summed E-state index contributed by atoms with van der Waals surface area (Å²) < 4.78 is 0. The van der Waals surface area contributed by atoms with Crippen LogP contribution in [0, 0.1) is 0 Å². The Morgan fingerprint density at radius 3 is 3.55 bits per heavy atom. The van der Waals surface area contributed by atoms with Gasteiger partial charge in [0.2, 0.25) is 0 Å². The van der Waals surface area contributed by atoms with Crippen LogP contribution in [0.5, 0.6) is 0 Å². The van der Waals surface area contributed by atoms with E-state index < -0.39 is 0 Å². The molecule has 0 aliphatic carbocycles. The molecular formula is C6H10N4O. The first kappa shape index (κ1) is 6.75. The van der Waals surface area contributed by atoms with E-state index in [4.69, 9.17) is 0 Å². The Morgan fingerprint density at radius 2 is 2.64 bits per heavy atom. The van der Waals surface area contributed by atoms with Gasteiger partial charge in [0.05, 0.1) is 6.04 Å². The molecule has 1 unspecified atom stereocenters. The Labute approximate surface area is 64.4 Å². The number of hydrazine groups is 1. The Morgan fingerprint density at radius 1 is 1.73 bits per heavy atom. The van der Waals surface area contributed by atoms with Crippen molar-refractivity contribution in [1.82, 2.24) is 15.8 Å². The summed E-state index contributed by atoms with van der Waals surface area (Å²) >= 11 is 0. The van der Waals surface area contributed by atoms with Gasteiger partial charge in [-0.2, -0.15) is 0 Å². The first-order chi connectivity index (χ1) is 5.36. The molecule has 0 aromatic rings. The van der Waals surface area contributed by atoms with E-state index in [2.05, 4.69) is 15.7 Å². The molecule has 2 amide bonds. The maximum Gasteiger partial charge on any atom is 0.355 e. The maximum absolute atomic E-state index is 10.7. The highest BCUT2D eigenvalue weighted by Crippen LogP contribution is 2.01. The molecule has 0 aromatic carbocycles. The molecule has 2 rings (SSSR count). The molecule has 0 bridgehead atoms. The number of urea groups is 1. The summed E-state index contributed by atoms with van der Waals surface area (Å²) in [7, 11) is 0. The van der Waals surface area contributed by atoms with Crippen molar-refractivity contribution in [2.75, 3.05) is 19.6 Å². The predicted molar refractivity (Wildman–Crippen MR) is 40.4 cm³/mol. The number of nitrogens with zero attached hydrogens (tertiary/aromatic N) is 2. The molecule has 0 aromatic heterocycles. The van der Waals surface area contributed by atoms with Crippen LogP contribution in [0.25, 0.3) is 0 Å². The van der Waals surface area contributed by atoms with Crippen LogP contribution in [0.2, 0.25) is 0 Å². The van der Waals surface area contributed by atoms with Gasteiger partial charge in [0.15, 0.2) is 0 Å². The Balaban J connectivity index is 2.10. The van der Waals surface area contributed by atoms with Crippen LogP contribution in [-0.2, 0) is 0 Å². The topological polar surface area (TPSA) is 56.7 Å². The largest absolute Gasteiger partial charge is 0.355 e. The van der Waals surface area contributed by atoms with Gasteiger partial charge in [-0.1, -0.05) is 0 Å². The number of piperazine rings is 1. The smallest absolute Gasteiger partial charge is 0.313 e. The van der Waals surface area contributed by atoms with E-state index in [0.29, 0.717) is 0 Å². The second kappa shape index (κ2) is 2.60. The van der Waals surface area contributed by atoms with E-state index in [-0.39, 0.29) is 12.1 Å². The van der Waals surface area contributed by atoms with E-state index in [0.717, 1.165) is 19.6 Å². The van der Waals surface area contributed by atoms with Crippen molar-refractivity contribution in [3.05, 3.63) is 0 Å². The van der Waals surface area contributed by atoms with Crippen LogP contribution < -0.4 is 10.7 Å². The maximum atomic E-state index is 10.7. The van der Waals surface area contributed by atoms with E-state index in [1.54, 1.807) is 6.21 Å². The first-order valence-corrected chi connectivity index (χ1v) is 3.68. The van der Waals surface area contributed by atoms with Crippen molar-refractivity contribution in [1.29, 1.82) is 0 Å². The molecular weight excluding hydrogens is 144 g/mol. The number of hydrogen-bond donors (Lipinski definition) is 2. The number of rotatable bonds is 0. The normalized spacial score (nSPS) is 31.3. The predicted octanol–water partition coefficient (Wildman–Crippen LogP) is -1.03. The summed E-state index contributed by atoms with van der Waals surface area (Å²) in [5, 5.41) is 5.12. The van der Waals surface area contributed by atoms with Gasteiger partial charge in [-0.25, -0.2) is 14.8 Å². The van der Waals surface area contributed by atoms with Crippen molar-refractivity contribution < 1.29 is 4.79 Å². The number of amides is 2. The van der Waals surface area contributed by atoms with Gasteiger partial charge in [0.25, 0.3) is 0 Å². The molecule has 60 valence electrons. The Hall–Kier alpha value is -0.940. The van der Waals surface area contributed by atoms with Crippen LogP contribution >= 0.6 is 0 Å². The minimum absolute atomic E-state index is 0.237. The minimum Gasteiger partial charge on any atom is -0.313 e. The fourth-order valence-electron chi connectivity index (χ4n) is 1.30. The van der Waals surface area contributed by atoms with E-state index in [9.17, 15) is 4.79 Å². The second-order valence-corrected chi connectivity index (χ2v) is 2.66. The molecule has 5 nitrogen and oxygen atoms in total. The summed E-state index contributed by atoms with van der Waals surface area (Å²) in [4.78, 5) is 14.4. The molecule has 2 aliphatic heterocycles. The van der Waals surface area contributed by atoms with E-state index in [1.165, 1.54) is 0 Å². The highest BCUT2D eigenvalue weighted by Gasteiger charge is 2.24. The monoisotopic (exact) mass is 154 g/mol. The van der Waals surface area contributed by atoms with Crippen LogP contribution in [0.4, 0.5) is 4.79 Å². The summed E-state index contributed by atoms with van der Waals surface area (Å²) in [5.41, 5.74) is 2.67. The highest BCUT2D eigenvalue weighted by molar-refractivity contribution is 5.87. The Bertz CT molecular complexity index is 203. The second-order valence-electron chi connectivity index (χ2n) is 2.66. The molecule has 1 atom stereocenters. The van der Waals surface area contributed by atoms with Crippen molar-refractivity contribution in [2.45, 2.75) is 6.04 Å². The lowest BCUT2D eigenvalue weighted by Gasteiger charge is -2.35. The van der Waals surface area contributed by atoms with Crippen molar-refractivity contribution in [3.8, 4) is 0 Å². The molecule has 0 spiro atoms. The lowest BCUT2D eigenvalue weighted by atomic mass is 10.2. The van der Waals surface area contributed by atoms with Gasteiger partial charge in [-0.05, 0) is 0 Å². The summed E-state index contributed by atoms with van der Waals surface area (Å²) in [6.07, 6.45) is 1.69. The number of carbonyl (C=O) groups is 1. The third-order valence-electron chi connectivity index (χ3n) is 1.89. The summed E-state index contributed by atoms with van der Waals surface area (Å²) in [6, 6.07) is -0.0235. The van der Waals surface area contributed by atoms with Gasteiger partial charge >= 0.3 is 6.03 Å².